The Morgan fingerprint density at radius 1 is 1.20 bits per heavy atom. The third kappa shape index (κ3) is 3.71. The van der Waals surface area contributed by atoms with Crippen LogP contribution >= 0.6 is 0 Å². The number of aromatic nitrogens is 2. The second kappa shape index (κ2) is 7.48. The number of benzene rings is 1. The molecule has 2 aromatic rings. The summed E-state index contributed by atoms with van der Waals surface area (Å²) >= 11 is 0. The van der Waals surface area contributed by atoms with Gasteiger partial charge in [-0.25, -0.2) is 14.2 Å². The molecule has 7 nitrogen and oxygen atoms in total. The summed E-state index contributed by atoms with van der Waals surface area (Å²) in [6.45, 7) is 9.08. The first-order valence-electron chi connectivity index (χ1n) is 8.21. The normalized spacial score (nSPS) is 11.1. The fourth-order valence-corrected chi connectivity index (χ4v) is 2.85. The molecule has 0 amide bonds. The van der Waals surface area contributed by atoms with Crippen LogP contribution in [0.1, 0.15) is 41.0 Å². The van der Waals surface area contributed by atoms with Gasteiger partial charge in [0, 0.05) is 6.54 Å². The molecule has 1 heterocycles. The number of hydrogen-bond donors (Lipinski definition) is 2. The highest BCUT2D eigenvalue weighted by atomic mass is 16.4. The van der Waals surface area contributed by atoms with Crippen LogP contribution in [0.4, 0.5) is 0 Å². The topological polar surface area (TPSA) is 95.4 Å². The highest BCUT2D eigenvalue weighted by molar-refractivity contribution is 5.86. The fraction of sp³-hybridized carbons (Fsp3) is 0.389. The first kappa shape index (κ1) is 18.7. The van der Waals surface area contributed by atoms with E-state index in [2.05, 4.69) is 4.98 Å². The van der Waals surface area contributed by atoms with Crippen LogP contribution in [0.25, 0.3) is 5.69 Å². The van der Waals surface area contributed by atoms with Crippen molar-refractivity contribution in [2.45, 2.75) is 34.2 Å². The maximum Gasteiger partial charge on any atom is 0.352 e. The van der Waals surface area contributed by atoms with Crippen LogP contribution in [0.15, 0.2) is 27.8 Å². The van der Waals surface area contributed by atoms with Gasteiger partial charge in [0.05, 0.1) is 11.3 Å². The molecule has 1 aromatic heterocycles. The van der Waals surface area contributed by atoms with Crippen molar-refractivity contribution < 1.29 is 9.90 Å². The van der Waals surface area contributed by atoms with E-state index in [4.69, 9.17) is 0 Å². The highest BCUT2D eigenvalue weighted by Crippen LogP contribution is 2.13. The highest BCUT2D eigenvalue weighted by Gasteiger charge is 2.21. The number of carbonyl (C=O) groups is 1. The molecule has 0 unspecified atom stereocenters. The molecule has 0 bridgehead atoms. The van der Waals surface area contributed by atoms with Crippen LogP contribution in [-0.4, -0.2) is 38.6 Å². The molecule has 0 saturated heterocycles. The average Bonchev–Trinajstić information content (AvgIpc) is 2.55. The molecule has 0 spiro atoms. The van der Waals surface area contributed by atoms with Gasteiger partial charge in [0.25, 0.3) is 5.56 Å². The quantitative estimate of drug-likeness (QED) is 0.830. The van der Waals surface area contributed by atoms with Gasteiger partial charge in [0.1, 0.15) is 5.69 Å². The standard InChI is InChI=1S/C18H23N3O4/c1-5-20(6-2)10-13-15(17(23)24)19-18(25)21(16(13)22)14-8-7-11(3)9-12(14)4/h7-9H,5-6,10H2,1-4H3,(H,19,25)(H,23,24). The van der Waals surface area contributed by atoms with Crippen molar-refractivity contribution in [3.8, 4) is 5.69 Å². The van der Waals surface area contributed by atoms with Crippen molar-refractivity contribution >= 4 is 5.97 Å². The molecule has 0 atom stereocenters. The number of carboxylic acid groups (broad SMARTS) is 1. The average molecular weight is 345 g/mol. The van der Waals surface area contributed by atoms with Gasteiger partial charge < -0.3 is 10.1 Å². The van der Waals surface area contributed by atoms with Gasteiger partial charge >= 0.3 is 11.7 Å². The van der Waals surface area contributed by atoms with E-state index in [1.807, 2.05) is 44.7 Å². The molecule has 0 aliphatic rings. The summed E-state index contributed by atoms with van der Waals surface area (Å²) in [6.07, 6.45) is 0. The number of nitrogens with zero attached hydrogens (tertiary/aromatic N) is 2. The number of rotatable bonds is 6. The van der Waals surface area contributed by atoms with Gasteiger partial charge in [-0.15, -0.1) is 0 Å². The van der Waals surface area contributed by atoms with Gasteiger partial charge in [0.15, 0.2) is 0 Å². The van der Waals surface area contributed by atoms with E-state index >= 15 is 0 Å². The van der Waals surface area contributed by atoms with Crippen LogP contribution in [0.2, 0.25) is 0 Å². The van der Waals surface area contributed by atoms with E-state index in [-0.39, 0.29) is 17.8 Å². The summed E-state index contributed by atoms with van der Waals surface area (Å²) in [5.74, 6) is -1.32. The predicted molar refractivity (Wildman–Crippen MR) is 95.7 cm³/mol. The SMILES string of the molecule is CCN(CC)Cc1c(C(=O)O)[nH]c(=O)n(-c2ccc(C)cc2C)c1=O. The van der Waals surface area contributed by atoms with Crippen LogP contribution in [0.3, 0.4) is 0 Å². The minimum absolute atomic E-state index is 0.0794. The van der Waals surface area contributed by atoms with E-state index in [0.717, 1.165) is 15.7 Å². The molecule has 0 saturated carbocycles. The zero-order chi connectivity index (χ0) is 18.7. The Morgan fingerprint density at radius 2 is 1.84 bits per heavy atom. The monoisotopic (exact) mass is 345 g/mol. The van der Waals surface area contributed by atoms with Gasteiger partial charge in [-0.05, 0) is 38.6 Å². The van der Waals surface area contributed by atoms with Crippen molar-refractivity contribution in [1.29, 1.82) is 0 Å². The summed E-state index contributed by atoms with van der Waals surface area (Å²) in [4.78, 5) is 41.2. The lowest BCUT2D eigenvalue weighted by molar-refractivity contribution is 0.0686. The van der Waals surface area contributed by atoms with Crippen LogP contribution in [-0.2, 0) is 6.54 Å². The molecule has 134 valence electrons. The summed E-state index contributed by atoms with van der Waals surface area (Å²) in [7, 11) is 0. The zero-order valence-electron chi connectivity index (χ0n) is 14.9. The number of carboxylic acids is 1. The number of nitrogens with one attached hydrogen (secondary N) is 1. The first-order valence-corrected chi connectivity index (χ1v) is 8.21. The number of aromatic carboxylic acids is 1. The smallest absolute Gasteiger partial charge is 0.352 e. The Labute approximate surface area is 145 Å². The fourth-order valence-electron chi connectivity index (χ4n) is 2.85. The van der Waals surface area contributed by atoms with E-state index in [9.17, 15) is 19.5 Å². The lowest BCUT2D eigenvalue weighted by atomic mass is 10.1. The van der Waals surface area contributed by atoms with Crippen molar-refractivity contribution in [2.75, 3.05) is 13.1 Å². The van der Waals surface area contributed by atoms with E-state index in [1.54, 1.807) is 6.07 Å². The number of hydrogen-bond acceptors (Lipinski definition) is 4. The van der Waals surface area contributed by atoms with Gasteiger partial charge in [-0.2, -0.15) is 0 Å². The minimum Gasteiger partial charge on any atom is -0.477 e. The molecule has 1 aromatic carbocycles. The maximum absolute atomic E-state index is 13.0. The van der Waals surface area contributed by atoms with Crippen molar-refractivity contribution in [1.82, 2.24) is 14.5 Å². The lowest BCUT2D eigenvalue weighted by Crippen LogP contribution is -2.40. The summed E-state index contributed by atoms with van der Waals surface area (Å²) in [6, 6.07) is 5.38. The Kier molecular flexibility index (Phi) is 5.58. The van der Waals surface area contributed by atoms with Gasteiger partial charge in [-0.1, -0.05) is 31.5 Å². The van der Waals surface area contributed by atoms with Crippen LogP contribution in [0, 0.1) is 13.8 Å². The summed E-state index contributed by atoms with van der Waals surface area (Å²) in [5, 5.41) is 9.39. The number of aromatic amines is 1. The molecule has 25 heavy (non-hydrogen) atoms. The largest absolute Gasteiger partial charge is 0.477 e. The predicted octanol–water partition coefficient (Wildman–Crippen LogP) is 1.68. The third-order valence-corrected chi connectivity index (χ3v) is 4.28. The minimum atomic E-state index is -1.32. The first-order chi connectivity index (χ1) is 11.8. The molecule has 0 aliphatic heterocycles. The Morgan fingerprint density at radius 3 is 2.36 bits per heavy atom. The van der Waals surface area contributed by atoms with E-state index < -0.39 is 17.2 Å². The Balaban J connectivity index is 2.76. The molecular formula is C18H23N3O4. The molecule has 2 N–H and O–H groups in total. The van der Waals surface area contributed by atoms with Gasteiger partial charge in [-0.3, -0.25) is 9.69 Å². The molecular weight excluding hydrogens is 322 g/mol. The third-order valence-electron chi connectivity index (χ3n) is 4.28. The Bertz CT molecular complexity index is 908. The Hall–Kier alpha value is -2.67. The van der Waals surface area contributed by atoms with E-state index in [0.29, 0.717) is 18.8 Å². The van der Waals surface area contributed by atoms with Crippen LogP contribution < -0.4 is 11.2 Å². The lowest BCUT2D eigenvalue weighted by Gasteiger charge is -2.19. The van der Waals surface area contributed by atoms with E-state index in [1.165, 1.54) is 0 Å². The number of H-pyrrole nitrogens is 1. The van der Waals surface area contributed by atoms with Crippen molar-refractivity contribution in [2.24, 2.45) is 0 Å². The van der Waals surface area contributed by atoms with Crippen molar-refractivity contribution in [3.05, 3.63) is 61.4 Å². The molecule has 0 radical (unpaired) electrons. The second-order valence-corrected chi connectivity index (χ2v) is 5.98. The van der Waals surface area contributed by atoms with Crippen LogP contribution in [0.5, 0.6) is 0 Å². The summed E-state index contributed by atoms with van der Waals surface area (Å²) in [5.41, 5.74) is 0.617. The van der Waals surface area contributed by atoms with Gasteiger partial charge in [0.2, 0.25) is 0 Å². The van der Waals surface area contributed by atoms with Crippen molar-refractivity contribution in [3.63, 3.8) is 0 Å². The molecule has 7 heteroatoms. The molecule has 2 rings (SSSR count). The molecule has 0 fully saturated rings. The zero-order valence-corrected chi connectivity index (χ0v) is 14.9. The number of aryl methyl sites for hydroxylation is 2. The maximum atomic E-state index is 13.0. The molecule has 0 aliphatic carbocycles. The summed E-state index contributed by atoms with van der Waals surface area (Å²) < 4.78 is 1.01. The second-order valence-electron chi connectivity index (χ2n) is 5.98.